The van der Waals surface area contributed by atoms with Gasteiger partial charge < -0.3 is 14.2 Å². The Morgan fingerprint density at radius 1 is 0.344 bits per heavy atom. The van der Waals surface area contributed by atoms with E-state index in [-0.39, 0.29) is 31.1 Å². The SMILES string of the molecule is CC/C=C\C/C=C\C/C=C\C/C=C\CCCCCCCCCCC(=O)OCC(COC(=O)CCCCCCC)OC(=O)CCCCCCCCC/C=C\C/C=C\C/C=C\CC. The summed E-state index contributed by atoms with van der Waals surface area (Å²) in [5.74, 6) is -0.919. The minimum absolute atomic E-state index is 0.0845. The molecule has 0 spiro atoms. The standard InChI is InChI=1S/C55H92O6/c1-4-7-10-13-15-17-19-21-23-25-26-27-28-30-31-33-35-37-39-42-45-48-54(57)60-51-52(50-59-53(56)47-44-41-12-9-6-3)61-55(58)49-46-43-40-38-36-34-32-29-24-22-20-18-16-14-11-8-5-2/h7-8,10-11,15-18,21-24,26-27,52H,4-6,9,12-14,19-20,25,28-51H2,1-3H3/b10-7-,11-8-,17-15-,18-16-,23-21-,24-22-,27-26-. The Kier molecular flexibility index (Phi) is 46.5. The van der Waals surface area contributed by atoms with Gasteiger partial charge in [0.25, 0.3) is 0 Å². The van der Waals surface area contributed by atoms with Gasteiger partial charge in [0.15, 0.2) is 6.10 Å². The zero-order valence-electron chi connectivity index (χ0n) is 39.7. The molecular weight excluding hydrogens is 757 g/mol. The first-order chi connectivity index (χ1) is 30.0. The predicted octanol–water partition coefficient (Wildman–Crippen LogP) is 16.4. The van der Waals surface area contributed by atoms with E-state index in [2.05, 4.69) is 106 Å². The molecule has 6 nitrogen and oxygen atoms in total. The molecule has 0 N–H and O–H groups in total. The van der Waals surface area contributed by atoms with Crippen LogP contribution in [0.25, 0.3) is 0 Å². The topological polar surface area (TPSA) is 78.9 Å². The molecule has 1 atom stereocenters. The van der Waals surface area contributed by atoms with E-state index < -0.39 is 6.10 Å². The Morgan fingerprint density at radius 3 is 1.00 bits per heavy atom. The van der Waals surface area contributed by atoms with Crippen molar-refractivity contribution in [1.29, 1.82) is 0 Å². The highest BCUT2D eigenvalue weighted by Crippen LogP contribution is 2.14. The van der Waals surface area contributed by atoms with E-state index in [0.29, 0.717) is 19.3 Å². The molecule has 0 saturated heterocycles. The summed E-state index contributed by atoms with van der Waals surface area (Å²) in [5.41, 5.74) is 0. The number of ether oxygens (including phenoxy) is 3. The molecule has 1 unspecified atom stereocenters. The van der Waals surface area contributed by atoms with Gasteiger partial charge in [0, 0.05) is 19.3 Å². The van der Waals surface area contributed by atoms with Crippen molar-refractivity contribution >= 4 is 17.9 Å². The summed E-state index contributed by atoms with van der Waals surface area (Å²) in [6.07, 6.45) is 63.1. The van der Waals surface area contributed by atoms with Gasteiger partial charge in [-0.25, -0.2) is 0 Å². The Hall–Kier alpha value is -3.41. The van der Waals surface area contributed by atoms with Crippen LogP contribution in [0.2, 0.25) is 0 Å². The van der Waals surface area contributed by atoms with Gasteiger partial charge in [-0.15, -0.1) is 0 Å². The number of hydrogen-bond donors (Lipinski definition) is 0. The highest BCUT2D eigenvalue weighted by molar-refractivity contribution is 5.71. The van der Waals surface area contributed by atoms with Crippen LogP contribution in [-0.4, -0.2) is 37.2 Å². The summed E-state index contributed by atoms with van der Waals surface area (Å²) < 4.78 is 16.7. The summed E-state index contributed by atoms with van der Waals surface area (Å²) in [6.45, 7) is 6.31. The van der Waals surface area contributed by atoms with E-state index in [1.165, 1.54) is 64.2 Å². The van der Waals surface area contributed by atoms with E-state index in [4.69, 9.17) is 14.2 Å². The fourth-order valence-electron chi connectivity index (χ4n) is 6.68. The largest absolute Gasteiger partial charge is 0.462 e. The number of unbranched alkanes of at least 4 members (excludes halogenated alkanes) is 19. The third kappa shape index (κ3) is 47.5. The van der Waals surface area contributed by atoms with E-state index in [9.17, 15) is 14.4 Å². The maximum Gasteiger partial charge on any atom is 0.306 e. The molecule has 0 saturated carbocycles. The smallest absolute Gasteiger partial charge is 0.306 e. The molecule has 6 heteroatoms. The van der Waals surface area contributed by atoms with Gasteiger partial charge in [-0.05, 0) is 89.9 Å². The van der Waals surface area contributed by atoms with Crippen molar-refractivity contribution in [3.8, 4) is 0 Å². The van der Waals surface area contributed by atoms with Crippen LogP contribution in [0.1, 0.15) is 226 Å². The Labute approximate surface area is 375 Å². The van der Waals surface area contributed by atoms with E-state index >= 15 is 0 Å². The lowest BCUT2D eigenvalue weighted by Crippen LogP contribution is -2.30. The number of carbonyl (C=O) groups is 3. The van der Waals surface area contributed by atoms with Gasteiger partial charge >= 0.3 is 17.9 Å². The zero-order valence-corrected chi connectivity index (χ0v) is 39.7. The second-order valence-corrected chi connectivity index (χ2v) is 16.3. The van der Waals surface area contributed by atoms with Crippen molar-refractivity contribution in [1.82, 2.24) is 0 Å². The minimum Gasteiger partial charge on any atom is -0.462 e. The molecule has 0 radical (unpaired) electrons. The molecule has 0 aliphatic heterocycles. The monoisotopic (exact) mass is 849 g/mol. The molecule has 0 aromatic rings. The van der Waals surface area contributed by atoms with Gasteiger partial charge in [-0.1, -0.05) is 202 Å². The fraction of sp³-hybridized carbons (Fsp3) is 0.691. The quantitative estimate of drug-likeness (QED) is 0.0263. The fourth-order valence-corrected chi connectivity index (χ4v) is 6.68. The van der Waals surface area contributed by atoms with Crippen molar-refractivity contribution in [2.45, 2.75) is 232 Å². The first-order valence-electron chi connectivity index (χ1n) is 25.1. The number of rotatable bonds is 44. The van der Waals surface area contributed by atoms with Crippen LogP contribution < -0.4 is 0 Å². The number of carbonyl (C=O) groups excluding carboxylic acids is 3. The van der Waals surface area contributed by atoms with Crippen LogP contribution in [0.3, 0.4) is 0 Å². The molecule has 0 aliphatic carbocycles. The third-order valence-electron chi connectivity index (χ3n) is 10.4. The summed E-state index contributed by atoms with van der Waals surface area (Å²) in [6, 6.07) is 0. The first-order valence-corrected chi connectivity index (χ1v) is 25.1. The van der Waals surface area contributed by atoms with Crippen molar-refractivity contribution < 1.29 is 28.6 Å². The lowest BCUT2D eigenvalue weighted by atomic mass is 10.1. The summed E-state index contributed by atoms with van der Waals surface area (Å²) in [7, 11) is 0. The van der Waals surface area contributed by atoms with Crippen LogP contribution in [-0.2, 0) is 28.6 Å². The van der Waals surface area contributed by atoms with E-state index in [1.54, 1.807) is 0 Å². The van der Waals surface area contributed by atoms with E-state index in [1.807, 2.05) is 0 Å². The second-order valence-electron chi connectivity index (χ2n) is 16.3. The average molecular weight is 849 g/mol. The molecular formula is C55H92O6. The van der Waals surface area contributed by atoms with Gasteiger partial charge in [-0.3, -0.25) is 14.4 Å². The molecule has 0 aromatic carbocycles. The van der Waals surface area contributed by atoms with Crippen molar-refractivity contribution in [2.75, 3.05) is 13.2 Å². The van der Waals surface area contributed by atoms with Crippen LogP contribution in [0, 0.1) is 0 Å². The molecule has 0 aromatic heterocycles. The Morgan fingerprint density at radius 2 is 0.639 bits per heavy atom. The maximum atomic E-state index is 12.7. The molecule has 0 amide bonds. The number of esters is 3. The van der Waals surface area contributed by atoms with Gasteiger partial charge in [0.2, 0.25) is 0 Å². The Bertz CT molecular complexity index is 1200. The van der Waals surface area contributed by atoms with Crippen LogP contribution in [0.5, 0.6) is 0 Å². The number of allylic oxidation sites excluding steroid dienone is 14. The van der Waals surface area contributed by atoms with Gasteiger partial charge in [0.1, 0.15) is 13.2 Å². The van der Waals surface area contributed by atoms with Crippen molar-refractivity contribution in [2.24, 2.45) is 0 Å². The Balaban J connectivity index is 4.20. The molecule has 0 rings (SSSR count). The first kappa shape index (κ1) is 57.6. The lowest BCUT2D eigenvalue weighted by Gasteiger charge is -2.18. The van der Waals surface area contributed by atoms with Crippen LogP contribution >= 0.6 is 0 Å². The average Bonchev–Trinajstić information content (AvgIpc) is 3.26. The highest BCUT2D eigenvalue weighted by Gasteiger charge is 2.19. The lowest BCUT2D eigenvalue weighted by molar-refractivity contribution is -0.167. The molecule has 348 valence electrons. The molecule has 0 heterocycles. The molecule has 0 aliphatic rings. The van der Waals surface area contributed by atoms with E-state index in [0.717, 1.165) is 122 Å². The second kappa shape index (κ2) is 49.2. The minimum atomic E-state index is -0.781. The summed E-state index contributed by atoms with van der Waals surface area (Å²) in [4.78, 5) is 37.7. The molecule has 0 bridgehead atoms. The summed E-state index contributed by atoms with van der Waals surface area (Å²) in [5, 5.41) is 0. The molecule has 61 heavy (non-hydrogen) atoms. The van der Waals surface area contributed by atoms with Crippen LogP contribution in [0.15, 0.2) is 85.1 Å². The zero-order chi connectivity index (χ0) is 44.4. The highest BCUT2D eigenvalue weighted by atomic mass is 16.6. The maximum absolute atomic E-state index is 12.7. The van der Waals surface area contributed by atoms with Crippen molar-refractivity contribution in [3.63, 3.8) is 0 Å². The van der Waals surface area contributed by atoms with Crippen molar-refractivity contribution in [3.05, 3.63) is 85.1 Å². The van der Waals surface area contributed by atoms with Gasteiger partial charge in [0.05, 0.1) is 0 Å². The normalized spacial score (nSPS) is 12.8. The van der Waals surface area contributed by atoms with Crippen LogP contribution in [0.4, 0.5) is 0 Å². The predicted molar refractivity (Wildman–Crippen MR) is 261 cm³/mol. The van der Waals surface area contributed by atoms with Gasteiger partial charge in [-0.2, -0.15) is 0 Å². The number of hydrogen-bond acceptors (Lipinski definition) is 6. The molecule has 0 fully saturated rings. The third-order valence-corrected chi connectivity index (χ3v) is 10.4. The summed E-state index contributed by atoms with van der Waals surface area (Å²) >= 11 is 0.